The van der Waals surface area contributed by atoms with Gasteiger partial charge in [0.05, 0.1) is 0 Å². The normalized spacial score (nSPS) is 12.7. The average Bonchev–Trinajstić information content (AvgIpc) is 3.86. The zero-order valence-corrected chi connectivity index (χ0v) is 35.5. The third-order valence-corrected chi connectivity index (χ3v) is 12.9. The summed E-state index contributed by atoms with van der Waals surface area (Å²) in [6, 6.07) is 74.9. The summed E-state index contributed by atoms with van der Waals surface area (Å²) in [5.41, 5.74) is 18.4. The highest BCUT2D eigenvalue weighted by molar-refractivity contribution is 6.13. The van der Waals surface area contributed by atoms with Crippen molar-refractivity contribution >= 4 is 21.9 Å². The Balaban J connectivity index is 0.973. The fourth-order valence-electron chi connectivity index (χ4n) is 9.84. The first kappa shape index (κ1) is 37.5. The van der Waals surface area contributed by atoms with Crippen LogP contribution in [0.2, 0.25) is 0 Å². The molecule has 0 N–H and O–H groups in total. The summed E-state index contributed by atoms with van der Waals surface area (Å²) in [6.07, 6.45) is 0. The van der Waals surface area contributed by atoms with Gasteiger partial charge in [0.15, 0.2) is 17.5 Å². The first-order valence-corrected chi connectivity index (χ1v) is 21.8. The van der Waals surface area contributed by atoms with E-state index >= 15 is 0 Å². The van der Waals surface area contributed by atoms with Crippen LogP contribution in [0, 0.1) is 0 Å². The monoisotopic (exact) mass is 819 g/mol. The Bertz CT molecular complexity index is 3590. The van der Waals surface area contributed by atoms with E-state index in [1.54, 1.807) is 0 Å². The lowest BCUT2D eigenvalue weighted by Crippen LogP contribution is -2.17. The van der Waals surface area contributed by atoms with Crippen molar-refractivity contribution in [2.45, 2.75) is 19.3 Å². The molecule has 0 saturated carbocycles. The zero-order valence-electron chi connectivity index (χ0n) is 35.5. The van der Waals surface area contributed by atoms with E-state index in [1.807, 2.05) is 6.07 Å². The second-order valence-electron chi connectivity index (χ2n) is 17.2. The van der Waals surface area contributed by atoms with Crippen LogP contribution < -0.4 is 0 Å². The third kappa shape index (κ3) is 6.34. The number of aromatic nitrogens is 3. The Morgan fingerprint density at radius 3 is 1.48 bits per heavy atom. The maximum atomic E-state index is 6.62. The van der Waals surface area contributed by atoms with Crippen LogP contribution in [-0.4, -0.2) is 15.0 Å². The lowest BCUT2D eigenvalue weighted by Gasteiger charge is -2.24. The highest BCUT2D eigenvalue weighted by atomic mass is 16.3. The van der Waals surface area contributed by atoms with E-state index in [0.29, 0.717) is 17.5 Å². The Labute approximate surface area is 372 Å². The molecule has 0 amide bonds. The van der Waals surface area contributed by atoms with Crippen molar-refractivity contribution in [3.63, 3.8) is 0 Å². The molecule has 0 spiro atoms. The van der Waals surface area contributed by atoms with Gasteiger partial charge in [-0.05, 0) is 103 Å². The molecule has 2 heterocycles. The maximum absolute atomic E-state index is 6.62. The van der Waals surface area contributed by atoms with Crippen LogP contribution in [-0.2, 0) is 5.41 Å². The summed E-state index contributed by atoms with van der Waals surface area (Å²) in [4.78, 5) is 15.9. The van der Waals surface area contributed by atoms with E-state index in [2.05, 4.69) is 220 Å². The van der Waals surface area contributed by atoms with E-state index in [1.165, 1.54) is 33.4 Å². The van der Waals surface area contributed by atoms with Gasteiger partial charge in [0.2, 0.25) is 0 Å². The molecule has 0 aliphatic heterocycles. The molecule has 4 heteroatoms. The van der Waals surface area contributed by atoms with Gasteiger partial charge in [-0.1, -0.05) is 190 Å². The van der Waals surface area contributed by atoms with Gasteiger partial charge in [-0.2, -0.15) is 0 Å². The molecule has 0 radical (unpaired) electrons. The predicted molar refractivity (Wildman–Crippen MR) is 263 cm³/mol. The molecule has 11 aromatic rings. The van der Waals surface area contributed by atoms with E-state index in [9.17, 15) is 0 Å². The minimum Gasteiger partial charge on any atom is -0.456 e. The fourth-order valence-corrected chi connectivity index (χ4v) is 9.84. The molecule has 0 unspecified atom stereocenters. The van der Waals surface area contributed by atoms with Crippen molar-refractivity contribution in [2.75, 3.05) is 0 Å². The largest absolute Gasteiger partial charge is 0.456 e. The quantitative estimate of drug-likeness (QED) is 0.161. The van der Waals surface area contributed by atoms with Crippen LogP contribution in [0.3, 0.4) is 0 Å². The van der Waals surface area contributed by atoms with Crippen LogP contribution >= 0.6 is 0 Å². The van der Waals surface area contributed by atoms with Gasteiger partial charge >= 0.3 is 0 Å². The molecule has 0 saturated heterocycles. The molecular formula is C60H41N3O. The molecule has 2 aromatic heterocycles. The predicted octanol–water partition coefficient (Wildman–Crippen LogP) is 15.7. The van der Waals surface area contributed by atoms with Gasteiger partial charge in [-0.15, -0.1) is 0 Å². The summed E-state index contributed by atoms with van der Waals surface area (Å²) < 4.78 is 6.62. The Hall–Kier alpha value is -8.21. The van der Waals surface area contributed by atoms with Crippen LogP contribution in [0.5, 0.6) is 0 Å². The van der Waals surface area contributed by atoms with Gasteiger partial charge < -0.3 is 4.42 Å². The third-order valence-electron chi connectivity index (χ3n) is 12.9. The summed E-state index contributed by atoms with van der Waals surface area (Å²) in [5, 5.41) is 2.20. The first-order valence-electron chi connectivity index (χ1n) is 21.8. The number of hydrogen-bond donors (Lipinski definition) is 0. The molecule has 9 aromatic carbocycles. The zero-order chi connectivity index (χ0) is 42.8. The van der Waals surface area contributed by atoms with Gasteiger partial charge in [-0.3, -0.25) is 0 Å². The summed E-state index contributed by atoms with van der Waals surface area (Å²) in [6.45, 7) is 4.61. The second kappa shape index (κ2) is 15.0. The molecule has 0 fully saturated rings. The van der Waals surface area contributed by atoms with Gasteiger partial charge in [0, 0.05) is 32.9 Å². The number of rotatable bonds is 7. The molecule has 1 aliphatic rings. The van der Waals surface area contributed by atoms with E-state index in [0.717, 1.165) is 72.0 Å². The smallest absolute Gasteiger partial charge is 0.164 e. The Kier molecular flexibility index (Phi) is 8.80. The van der Waals surface area contributed by atoms with Gasteiger partial charge in [-0.25, -0.2) is 15.0 Å². The standard InChI is InChI=1S/C60H41N3O/c1-60(2)52-30-10-9-26-48(52)49-28-14-29-51(56(49)60)59-62-57(45-24-12-21-41(35-45)39-18-7-4-8-19-39)61-58(63-59)46-25-13-22-42(36-46)43-32-33-50-54(37-43)64-53-31-15-27-47(55(50)53)44-23-11-20-40(34-44)38-16-5-3-6-17-38/h3-37H,1-2H3. The van der Waals surface area contributed by atoms with Crippen LogP contribution in [0.15, 0.2) is 217 Å². The second-order valence-corrected chi connectivity index (χ2v) is 17.2. The lowest BCUT2D eigenvalue weighted by molar-refractivity contribution is 0.661. The van der Waals surface area contributed by atoms with Gasteiger partial charge in [0.1, 0.15) is 11.2 Å². The first-order chi connectivity index (χ1) is 31.5. The maximum Gasteiger partial charge on any atom is 0.164 e. The van der Waals surface area contributed by atoms with E-state index in [-0.39, 0.29) is 5.41 Å². The van der Waals surface area contributed by atoms with Crippen LogP contribution in [0.25, 0.3) is 112 Å². The number of hydrogen-bond acceptors (Lipinski definition) is 4. The number of nitrogens with zero attached hydrogens (tertiary/aromatic N) is 3. The van der Waals surface area contributed by atoms with Crippen molar-refractivity contribution in [2.24, 2.45) is 0 Å². The van der Waals surface area contributed by atoms with E-state index in [4.69, 9.17) is 19.4 Å². The molecule has 0 atom stereocenters. The number of benzene rings is 9. The van der Waals surface area contributed by atoms with Crippen LogP contribution in [0.1, 0.15) is 25.0 Å². The lowest BCUT2D eigenvalue weighted by atomic mass is 9.80. The van der Waals surface area contributed by atoms with Gasteiger partial charge in [0.25, 0.3) is 0 Å². The highest BCUT2D eigenvalue weighted by Gasteiger charge is 2.38. The van der Waals surface area contributed by atoms with E-state index < -0.39 is 0 Å². The molecule has 302 valence electrons. The number of fused-ring (bicyclic) bond motifs is 6. The topological polar surface area (TPSA) is 51.8 Å². The summed E-state index contributed by atoms with van der Waals surface area (Å²) >= 11 is 0. The molecule has 1 aliphatic carbocycles. The molecule has 64 heavy (non-hydrogen) atoms. The fraction of sp³-hybridized carbons (Fsp3) is 0.0500. The Morgan fingerprint density at radius 2 is 0.797 bits per heavy atom. The summed E-state index contributed by atoms with van der Waals surface area (Å²) in [7, 11) is 0. The van der Waals surface area contributed by atoms with Crippen molar-refractivity contribution < 1.29 is 4.42 Å². The molecule has 4 nitrogen and oxygen atoms in total. The van der Waals surface area contributed by atoms with Crippen molar-refractivity contribution in [3.8, 4) is 89.8 Å². The summed E-state index contributed by atoms with van der Waals surface area (Å²) in [5.74, 6) is 1.90. The van der Waals surface area contributed by atoms with Crippen molar-refractivity contribution in [1.82, 2.24) is 15.0 Å². The van der Waals surface area contributed by atoms with Crippen molar-refractivity contribution in [3.05, 3.63) is 223 Å². The minimum atomic E-state index is -0.245. The molecule has 0 bridgehead atoms. The van der Waals surface area contributed by atoms with Crippen LogP contribution in [0.4, 0.5) is 0 Å². The molecule has 12 rings (SSSR count). The average molecular weight is 820 g/mol. The minimum absolute atomic E-state index is 0.245. The molecular weight excluding hydrogens is 779 g/mol. The highest BCUT2D eigenvalue weighted by Crippen LogP contribution is 2.52. The number of furan rings is 1. The SMILES string of the molecule is CC1(C)c2ccccc2-c2cccc(-c3nc(-c4cccc(-c5ccccc5)c4)nc(-c4cccc(-c5ccc6c(c5)oc5cccc(-c7cccc(-c8ccccc8)c7)c56)c4)n3)c21. The van der Waals surface area contributed by atoms with Crippen molar-refractivity contribution in [1.29, 1.82) is 0 Å². The Morgan fingerprint density at radius 1 is 0.328 bits per heavy atom.